The molecule has 0 aliphatic carbocycles. The van der Waals surface area contributed by atoms with Crippen LogP contribution in [-0.4, -0.2) is 75.2 Å². The van der Waals surface area contributed by atoms with E-state index in [-0.39, 0.29) is 31.4 Å². The van der Waals surface area contributed by atoms with Gasteiger partial charge in [-0.1, -0.05) is 42.5 Å². The molecule has 0 fully saturated rings. The van der Waals surface area contributed by atoms with E-state index in [1.54, 1.807) is 30.3 Å². The number of aliphatic hydroxyl groups is 1. The number of primary amides is 1. The molecule has 5 atom stereocenters. The highest BCUT2D eigenvalue weighted by Gasteiger charge is 2.31. The normalized spacial score (nSPS) is 14.6. The highest BCUT2D eigenvalue weighted by atomic mass is 16.4. The molecule has 0 aromatic heterocycles. The van der Waals surface area contributed by atoms with Gasteiger partial charge in [-0.25, -0.2) is 4.79 Å². The summed E-state index contributed by atoms with van der Waals surface area (Å²) in [5.41, 5.74) is 12.1. The second kappa shape index (κ2) is 15.2. The molecule has 216 valence electrons. The maximum absolute atomic E-state index is 13.3. The van der Waals surface area contributed by atoms with Crippen molar-refractivity contribution < 1.29 is 39.3 Å². The first-order valence-corrected chi connectivity index (χ1v) is 12.5. The lowest BCUT2D eigenvalue weighted by Crippen LogP contribution is -2.58. The molecule has 0 bridgehead atoms. The van der Waals surface area contributed by atoms with Crippen molar-refractivity contribution in [3.8, 4) is 5.75 Å². The van der Waals surface area contributed by atoms with E-state index >= 15 is 0 Å². The number of amides is 4. The van der Waals surface area contributed by atoms with E-state index in [4.69, 9.17) is 11.5 Å². The smallest absolute Gasteiger partial charge is 0.326 e. The minimum atomic E-state index is -1.39. The van der Waals surface area contributed by atoms with Crippen LogP contribution in [0.4, 0.5) is 0 Å². The molecule has 13 heteroatoms. The number of carbonyl (C=O) groups excluding carboxylic acids is 4. The standard InChI is InChI=1S/C27H35N5O8/c1-15(33)23(29)26(38)31-20(13-16-5-3-2-4-6-16)25(37)30-19(11-12-22(28)35)24(36)32-21(27(39)40)14-17-7-9-18(34)10-8-17/h2-10,15,19-21,23,33-34H,11-14,29H2,1H3,(H2,28,35)(H,30,37)(H,31,38)(H,32,36)(H,39,40). The summed E-state index contributed by atoms with van der Waals surface area (Å²) in [5, 5.41) is 36.1. The van der Waals surface area contributed by atoms with Gasteiger partial charge in [-0.3, -0.25) is 19.2 Å². The predicted molar refractivity (Wildman–Crippen MR) is 143 cm³/mol. The zero-order chi connectivity index (χ0) is 29.8. The van der Waals surface area contributed by atoms with E-state index in [2.05, 4.69) is 16.0 Å². The molecule has 0 heterocycles. The van der Waals surface area contributed by atoms with Gasteiger partial charge >= 0.3 is 5.97 Å². The van der Waals surface area contributed by atoms with Crippen molar-refractivity contribution in [1.29, 1.82) is 0 Å². The summed E-state index contributed by atoms with van der Waals surface area (Å²) in [4.78, 5) is 62.3. The van der Waals surface area contributed by atoms with Crippen molar-refractivity contribution >= 4 is 29.6 Å². The molecular weight excluding hydrogens is 522 g/mol. The number of carboxylic acids is 1. The fourth-order valence-electron chi connectivity index (χ4n) is 3.71. The lowest BCUT2D eigenvalue weighted by atomic mass is 10.0. The zero-order valence-electron chi connectivity index (χ0n) is 21.9. The van der Waals surface area contributed by atoms with Gasteiger partial charge in [0.05, 0.1) is 6.10 Å². The first-order chi connectivity index (χ1) is 18.9. The van der Waals surface area contributed by atoms with Crippen LogP contribution in [0.5, 0.6) is 5.75 Å². The van der Waals surface area contributed by atoms with Crippen LogP contribution in [0.3, 0.4) is 0 Å². The Kier molecular flexibility index (Phi) is 12.0. The number of nitrogens with one attached hydrogen (secondary N) is 3. The van der Waals surface area contributed by atoms with E-state index < -0.39 is 59.9 Å². The third kappa shape index (κ3) is 10.3. The SMILES string of the molecule is CC(O)C(N)C(=O)NC(Cc1ccccc1)C(=O)NC(CCC(N)=O)C(=O)NC(Cc1ccc(O)cc1)C(=O)O. The Morgan fingerprint density at radius 2 is 1.27 bits per heavy atom. The number of carbonyl (C=O) groups is 5. The molecule has 2 rings (SSSR count). The summed E-state index contributed by atoms with van der Waals surface area (Å²) < 4.78 is 0. The largest absolute Gasteiger partial charge is 0.508 e. The van der Waals surface area contributed by atoms with Crippen LogP contribution in [0.2, 0.25) is 0 Å². The third-order valence-electron chi connectivity index (χ3n) is 6.04. The number of aromatic hydroxyl groups is 1. The summed E-state index contributed by atoms with van der Waals surface area (Å²) in [6.45, 7) is 1.32. The molecule has 0 saturated heterocycles. The van der Waals surface area contributed by atoms with E-state index in [0.717, 1.165) is 0 Å². The zero-order valence-corrected chi connectivity index (χ0v) is 21.9. The summed E-state index contributed by atoms with van der Waals surface area (Å²) in [7, 11) is 0. The Morgan fingerprint density at radius 1 is 0.775 bits per heavy atom. The maximum Gasteiger partial charge on any atom is 0.326 e. The number of phenols is 1. The molecule has 0 radical (unpaired) electrons. The van der Waals surface area contributed by atoms with E-state index in [1.165, 1.54) is 31.2 Å². The average molecular weight is 558 g/mol. The summed E-state index contributed by atoms with van der Waals surface area (Å²) in [5.74, 6) is -4.59. The highest BCUT2D eigenvalue weighted by Crippen LogP contribution is 2.12. The van der Waals surface area contributed by atoms with Gasteiger partial charge in [0.2, 0.25) is 23.6 Å². The van der Waals surface area contributed by atoms with Crippen LogP contribution < -0.4 is 27.4 Å². The number of phenolic OH excluding ortho intramolecular Hbond substituents is 1. The maximum atomic E-state index is 13.3. The monoisotopic (exact) mass is 557 g/mol. The topological polar surface area (TPSA) is 234 Å². The molecule has 5 unspecified atom stereocenters. The van der Waals surface area contributed by atoms with Gasteiger partial charge < -0.3 is 42.7 Å². The molecule has 0 aliphatic heterocycles. The highest BCUT2D eigenvalue weighted by molar-refractivity contribution is 5.94. The second-order valence-corrected chi connectivity index (χ2v) is 9.35. The van der Waals surface area contributed by atoms with Gasteiger partial charge in [0.25, 0.3) is 0 Å². The minimum Gasteiger partial charge on any atom is -0.508 e. The van der Waals surface area contributed by atoms with Crippen LogP contribution in [-0.2, 0) is 36.8 Å². The number of aliphatic carboxylic acids is 1. The average Bonchev–Trinajstić information content (AvgIpc) is 2.90. The summed E-state index contributed by atoms with van der Waals surface area (Å²) in [6.07, 6.45) is -1.85. The lowest BCUT2D eigenvalue weighted by molar-refractivity contribution is -0.142. The number of rotatable bonds is 15. The van der Waals surface area contributed by atoms with E-state index in [0.29, 0.717) is 11.1 Å². The molecule has 13 nitrogen and oxygen atoms in total. The lowest BCUT2D eigenvalue weighted by Gasteiger charge is -2.25. The Labute approximate surface area is 230 Å². The van der Waals surface area contributed by atoms with Gasteiger partial charge in [-0.15, -0.1) is 0 Å². The number of hydrogen-bond donors (Lipinski definition) is 8. The van der Waals surface area contributed by atoms with Gasteiger partial charge in [-0.05, 0) is 36.6 Å². The number of carboxylic acid groups (broad SMARTS) is 1. The molecule has 2 aromatic rings. The molecule has 0 aliphatic rings. The number of hydrogen-bond acceptors (Lipinski definition) is 8. The molecular formula is C27H35N5O8. The van der Waals surface area contributed by atoms with Crippen molar-refractivity contribution in [3.05, 3.63) is 65.7 Å². The quantitative estimate of drug-likeness (QED) is 0.130. The number of benzene rings is 2. The van der Waals surface area contributed by atoms with Crippen LogP contribution in [0.15, 0.2) is 54.6 Å². The minimum absolute atomic E-state index is 0.00764. The molecule has 2 aromatic carbocycles. The molecule has 4 amide bonds. The Bertz CT molecular complexity index is 1170. The Hall–Kier alpha value is -4.49. The van der Waals surface area contributed by atoms with Crippen molar-refractivity contribution in [1.82, 2.24) is 16.0 Å². The third-order valence-corrected chi connectivity index (χ3v) is 6.04. The number of nitrogens with two attached hydrogens (primary N) is 2. The van der Waals surface area contributed by atoms with Gasteiger partial charge in [0.1, 0.15) is 29.9 Å². The molecule has 0 saturated carbocycles. The molecule has 0 spiro atoms. The van der Waals surface area contributed by atoms with E-state index in [1.807, 2.05) is 0 Å². The van der Waals surface area contributed by atoms with Crippen LogP contribution in [0.25, 0.3) is 0 Å². The summed E-state index contributed by atoms with van der Waals surface area (Å²) in [6, 6.07) is 9.10. The molecule has 40 heavy (non-hydrogen) atoms. The first kappa shape index (κ1) is 31.7. The predicted octanol–water partition coefficient (Wildman–Crippen LogP) is -1.31. The van der Waals surface area contributed by atoms with Crippen molar-refractivity contribution in [2.75, 3.05) is 0 Å². The van der Waals surface area contributed by atoms with Gasteiger partial charge in [0, 0.05) is 19.3 Å². The Balaban J connectivity index is 2.24. The molecule has 10 N–H and O–H groups in total. The van der Waals surface area contributed by atoms with Crippen LogP contribution in [0, 0.1) is 0 Å². The first-order valence-electron chi connectivity index (χ1n) is 12.5. The van der Waals surface area contributed by atoms with Crippen LogP contribution in [0.1, 0.15) is 30.9 Å². The fourth-order valence-corrected chi connectivity index (χ4v) is 3.71. The van der Waals surface area contributed by atoms with E-state index in [9.17, 15) is 39.3 Å². The van der Waals surface area contributed by atoms with Gasteiger partial charge in [0.15, 0.2) is 0 Å². The fraction of sp³-hybridized carbons (Fsp3) is 0.370. The Morgan fingerprint density at radius 3 is 1.82 bits per heavy atom. The van der Waals surface area contributed by atoms with Crippen LogP contribution >= 0.6 is 0 Å². The van der Waals surface area contributed by atoms with Crippen molar-refractivity contribution in [2.45, 2.75) is 62.9 Å². The van der Waals surface area contributed by atoms with Crippen molar-refractivity contribution in [3.63, 3.8) is 0 Å². The second-order valence-electron chi connectivity index (χ2n) is 9.35. The van der Waals surface area contributed by atoms with Crippen molar-refractivity contribution in [2.24, 2.45) is 11.5 Å². The number of aliphatic hydroxyl groups excluding tert-OH is 1. The van der Waals surface area contributed by atoms with Gasteiger partial charge in [-0.2, -0.15) is 0 Å². The summed E-state index contributed by atoms with van der Waals surface area (Å²) >= 11 is 0.